The van der Waals surface area contributed by atoms with Gasteiger partial charge in [0.2, 0.25) is 0 Å². The SMILES string of the molecule is Nc1ccc(CN2CCCS(=O)(=O)CC2)c(C(F)(F)F)c1. The molecule has 21 heavy (non-hydrogen) atoms. The minimum Gasteiger partial charge on any atom is -0.399 e. The van der Waals surface area contributed by atoms with Gasteiger partial charge in [0, 0.05) is 18.8 Å². The van der Waals surface area contributed by atoms with Gasteiger partial charge in [-0.1, -0.05) is 6.07 Å². The first-order valence-electron chi connectivity index (χ1n) is 6.56. The Hall–Kier alpha value is -1.28. The molecule has 118 valence electrons. The average molecular weight is 322 g/mol. The Kier molecular flexibility index (Phi) is 4.48. The molecule has 2 rings (SSSR count). The number of nitrogens with zero attached hydrogens (tertiary/aromatic N) is 1. The van der Waals surface area contributed by atoms with Crippen molar-refractivity contribution in [2.24, 2.45) is 0 Å². The summed E-state index contributed by atoms with van der Waals surface area (Å²) in [4.78, 5) is 1.74. The van der Waals surface area contributed by atoms with Gasteiger partial charge in [-0.05, 0) is 30.7 Å². The Morgan fingerprint density at radius 1 is 1.19 bits per heavy atom. The maximum atomic E-state index is 13.0. The standard InChI is InChI=1S/C13H17F3N2O2S/c14-13(15,16)12-8-11(17)3-2-10(12)9-18-4-1-6-21(19,20)7-5-18/h2-3,8H,1,4-7,9,17H2. The maximum absolute atomic E-state index is 13.0. The predicted octanol–water partition coefficient (Wildman–Crippen LogP) is 1.91. The number of rotatable bonds is 2. The summed E-state index contributed by atoms with van der Waals surface area (Å²) in [5.41, 5.74) is 4.85. The highest BCUT2D eigenvalue weighted by atomic mass is 32.2. The van der Waals surface area contributed by atoms with Crippen LogP contribution in [0.25, 0.3) is 0 Å². The van der Waals surface area contributed by atoms with E-state index in [9.17, 15) is 21.6 Å². The first-order valence-corrected chi connectivity index (χ1v) is 8.38. The lowest BCUT2D eigenvalue weighted by Crippen LogP contribution is -2.28. The Bertz CT molecular complexity index is 614. The fourth-order valence-corrected chi connectivity index (χ4v) is 3.69. The summed E-state index contributed by atoms with van der Waals surface area (Å²) in [7, 11) is -3.07. The van der Waals surface area contributed by atoms with Crippen LogP contribution in [0.5, 0.6) is 0 Å². The molecule has 0 saturated carbocycles. The largest absolute Gasteiger partial charge is 0.416 e. The van der Waals surface area contributed by atoms with Crippen molar-refractivity contribution in [3.05, 3.63) is 29.3 Å². The lowest BCUT2D eigenvalue weighted by atomic mass is 10.1. The normalized spacial score (nSPS) is 20.1. The van der Waals surface area contributed by atoms with Gasteiger partial charge < -0.3 is 5.73 Å². The molecule has 0 radical (unpaired) electrons. The van der Waals surface area contributed by atoms with Crippen LogP contribution >= 0.6 is 0 Å². The van der Waals surface area contributed by atoms with Crippen LogP contribution in [0, 0.1) is 0 Å². The van der Waals surface area contributed by atoms with Gasteiger partial charge in [0.25, 0.3) is 0 Å². The summed E-state index contributed by atoms with van der Waals surface area (Å²) in [5, 5.41) is 0. The van der Waals surface area contributed by atoms with E-state index in [1.165, 1.54) is 12.1 Å². The molecule has 0 atom stereocenters. The number of benzene rings is 1. The van der Waals surface area contributed by atoms with Gasteiger partial charge in [-0.3, -0.25) is 4.90 Å². The fraction of sp³-hybridized carbons (Fsp3) is 0.538. The maximum Gasteiger partial charge on any atom is 0.416 e. The Labute approximate surface area is 121 Å². The Morgan fingerprint density at radius 3 is 2.57 bits per heavy atom. The van der Waals surface area contributed by atoms with Crippen LogP contribution < -0.4 is 5.73 Å². The smallest absolute Gasteiger partial charge is 0.399 e. The van der Waals surface area contributed by atoms with Gasteiger partial charge in [-0.2, -0.15) is 13.2 Å². The van der Waals surface area contributed by atoms with Crippen LogP contribution in [-0.4, -0.2) is 37.9 Å². The third kappa shape index (κ3) is 4.34. The Balaban J connectivity index is 2.20. The first kappa shape index (κ1) is 16.1. The molecule has 1 heterocycles. The van der Waals surface area contributed by atoms with Crippen molar-refractivity contribution in [3.8, 4) is 0 Å². The van der Waals surface area contributed by atoms with E-state index in [0.717, 1.165) is 6.07 Å². The molecule has 0 bridgehead atoms. The second-order valence-electron chi connectivity index (χ2n) is 5.20. The van der Waals surface area contributed by atoms with E-state index in [2.05, 4.69) is 0 Å². The first-order chi connectivity index (χ1) is 9.67. The van der Waals surface area contributed by atoms with Crippen molar-refractivity contribution in [1.29, 1.82) is 0 Å². The molecule has 1 aliphatic rings. The second kappa shape index (κ2) is 5.84. The number of alkyl halides is 3. The summed E-state index contributed by atoms with van der Waals surface area (Å²) in [6.45, 7) is 0.801. The summed E-state index contributed by atoms with van der Waals surface area (Å²) < 4.78 is 62.1. The summed E-state index contributed by atoms with van der Waals surface area (Å²) in [5.74, 6) is 0.0840. The van der Waals surface area contributed by atoms with E-state index in [1.807, 2.05) is 0 Å². The third-order valence-electron chi connectivity index (χ3n) is 3.48. The van der Waals surface area contributed by atoms with E-state index in [4.69, 9.17) is 5.73 Å². The van der Waals surface area contributed by atoms with Crippen molar-refractivity contribution < 1.29 is 21.6 Å². The number of halogens is 3. The molecule has 1 fully saturated rings. The van der Waals surface area contributed by atoms with Crippen LogP contribution in [-0.2, 0) is 22.6 Å². The summed E-state index contributed by atoms with van der Waals surface area (Å²) in [6.07, 6.45) is -4.03. The Morgan fingerprint density at radius 2 is 1.90 bits per heavy atom. The van der Waals surface area contributed by atoms with Gasteiger partial charge in [-0.15, -0.1) is 0 Å². The topological polar surface area (TPSA) is 63.4 Å². The molecule has 1 saturated heterocycles. The third-order valence-corrected chi connectivity index (χ3v) is 5.20. The molecule has 0 aliphatic carbocycles. The molecule has 1 aliphatic heterocycles. The van der Waals surface area contributed by atoms with E-state index in [0.29, 0.717) is 13.0 Å². The van der Waals surface area contributed by atoms with E-state index in [-0.39, 0.29) is 35.8 Å². The van der Waals surface area contributed by atoms with Crippen LogP contribution in [0.2, 0.25) is 0 Å². The number of anilines is 1. The molecule has 4 nitrogen and oxygen atoms in total. The number of nitrogens with two attached hydrogens (primary N) is 1. The van der Waals surface area contributed by atoms with Gasteiger partial charge >= 0.3 is 6.18 Å². The highest BCUT2D eigenvalue weighted by molar-refractivity contribution is 7.91. The molecule has 8 heteroatoms. The minimum atomic E-state index is -4.47. The predicted molar refractivity (Wildman–Crippen MR) is 74.4 cm³/mol. The molecule has 1 aromatic carbocycles. The zero-order valence-corrected chi connectivity index (χ0v) is 12.2. The van der Waals surface area contributed by atoms with E-state index < -0.39 is 21.6 Å². The fourth-order valence-electron chi connectivity index (χ4n) is 2.38. The van der Waals surface area contributed by atoms with Crippen molar-refractivity contribution in [2.45, 2.75) is 19.1 Å². The van der Waals surface area contributed by atoms with Crippen molar-refractivity contribution >= 4 is 15.5 Å². The highest BCUT2D eigenvalue weighted by Gasteiger charge is 2.34. The van der Waals surface area contributed by atoms with Crippen molar-refractivity contribution in [3.63, 3.8) is 0 Å². The van der Waals surface area contributed by atoms with Crippen molar-refractivity contribution in [1.82, 2.24) is 4.90 Å². The summed E-state index contributed by atoms with van der Waals surface area (Å²) >= 11 is 0. The molecular formula is C13H17F3N2O2S. The van der Waals surface area contributed by atoms with Gasteiger partial charge in [0.1, 0.15) is 0 Å². The highest BCUT2D eigenvalue weighted by Crippen LogP contribution is 2.34. The number of hydrogen-bond donors (Lipinski definition) is 1. The van der Waals surface area contributed by atoms with E-state index >= 15 is 0 Å². The van der Waals surface area contributed by atoms with Crippen molar-refractivity contribution in [2.75, 3.05) is 30.3 Å². The lowest BCUT2D eigenvalue weighted by Gasteiger charge is -2.22. The second-order valence-corrected chi connectivity index (χ2v) is 7.50. The minimum absolute atomic E-state index is 0.0106. The number of nitrogen functional groups attached to an aromatic ring is 1. The quantitative estimate of drug-likeness (QED) is 0.845. The van der Waals surface area contributed by atoms with Gasteiger partial charge in [-0.25, -0.2) is 8.42 Å². The number of sulfone groups is 1. The zero-order chi connectivity index (χ0) is 15.7. The zero-order valence-electron chi connectivity index (χ0n) is 11.4. The molecule has 1 aromatic rings. The van der Waals surface area contributed by atoms with Gasteiger partial charge in [0.05, 0.1) is 17.1 Å². The van der Waals surface area contributed by atoms with E-state index in [1.54, 1.807) is 4.90 Å². The molecular weight excluding hydrogens is 305 g/mol. The monoisotopic (exact) mass is 322 g/mol. The molecule has 0 unspecified atom stereocenters. The average Bonchev–Trinajstić information content (AvgIpc) is 2.52. The van der Waals surface area contributed by atoms with Crippen LogP contribution in [0.1, 0.15) is 17.5 Å². The molecule has 0 spiro atoms. The summed E-state index contributed by atoms with van der Waals surface area (Å²) in [6, 6.07) is 3.71. The van der Waals surface area contributed by atoms with Crippen LogP contribution in [0.3, 0.4) is 0 Å². The van der Waals surface area contributed by atoms with Crippen LogP contribution in [0.15, 0.2) is 18.2 Å². The molecule has 2 N–H and O–H groups in total. The lowest BCUT2D eigenvalue weighted by molar-refractivity contribution is -0.138. The van der Waals surface area contributed by atoms with Gasteiger partial charge in [0.15, 0.2) is 9.84 Å². The molecule has 0 aromatic heterocycles. The number of hydrogen-bond acceptors (Lipinski definition) is 4. The van der Waals surface area contributed by atoms with Crippen LogP contribution in [0.4, 0.5) is 18.9 Å². The molecule has 0 amide bonds.